The van der Waals surface area contributed by atoms with Gasteiger partial charge in [-0.05, 0) is 25.1 Å². The molecule has 0 fully saturated rings. The zero-order chi connectivity index (χ0) is 17.1. The third-order valence-electron chi connectivity index (χ3n) is 3.35. The zero-order valence-corrected chi connectivity index (χ0v) is 13.6. The Balaban J connectivity index is 2.13. The summed E-state index contributed by atoms with van der Waals surface area (Å²) in [6.07, 6.45) is 0. The minimum absolute atomic E-state index is 0.0270. The van der Waals surface area contributed by atoms with Gasteiger partial charge in [0.1, 0.15) is 5.56 Å². The van der Waals surface area contributed by atoms with Gasteiger partial charge >= 0.3 is 0 Å². The maximum absolute atomic E-state index is 13.1. The number of benzene rings is 2. The Kier molecular flexibility index (Phi) is 4.35. The van der Waals surface area contributed by atoms with Crippen molar-refractivity contribution in [2.24, 2.45) is 0 Å². The molecule has 3 rings (SSSR count). The molecule has 0 aliphatic rings. The number of nitrogens with zero attached hydrogens (tertiary/aromatic N) is 3. The Hall–Kier alpha value is -3.06. The molecule has 6 nitrogen and oxygen atoms in total. The van der Waals surface area contributed by atoms with Gasteiger partial charge in [-0.3, -0.25) is 19.8 Å². The standard InChI is InChI=1S/C17H13N3O3S/c1-12-11-24-17(18-12)19(13-7-3-2-4-8-13)16(21)14-9-5-6-10-15(14)20(22)23/h2-11H,1H3. The number of hydrogen-bond donors (Lipinski definition) is 0. The Morgan fingerprint density at radius 2 is 1.79 bits per heavy atom. The lowest BCUT2D eigenvalue weighted by Gasteiger charge is -2.20. The van der Waals surface area contributed by atoms with Crippen LogP contribution in [0.3, 0.4) is 0 Å². The number of rotatable bonds is 4. The number of carbonyl (C=O) groups is 1. The van der Waals surface area contributed by atoms with Gasteiger partial charge in [0, 0.05) is 11.4 Å². The van der Waals surface area contributed by atoms with Gasteiger partial charge in [-0.15, -0.1) is 11.3 Å². The van der Waals surface area contributed by atoms with Crippen molar-refractivity contribution in [3.8, 4) is 0 Å². The highest BCUT2D eigenvalue weighted by Gasteiger charge is 2.28. The lowest BCUT2D eigenvalue weighted by Crippen LogP contribution is -2.26. The molecule has 1 amide bonds. The number of nitro groups is 1. The highest BCUT2D eigenvalue weighted by Crippen LogP contribution is 2.32. The van der Waals surface area contributed by atoms with Crippen molar-refractivity contribution in [2.45, 2.75) is 6.92 Å². The Morgan fingerprint density at radius 1 is 1.12 bits per heavy atom. The van der Waals surface area contributed by atoms with Gasteiger partial charge in [-0.1, -0.05) is 30.3 Å². The van der Waals surface area contributed by atoms with Crippen LogP contribution < -0.4 is 4.90 Å². The van der Waals surface area contributed by atoms with Crippen LogP contribution in [0.15, 0.2) is 60.0 Å². The number of carbonyl (C=O) groups excluding carboxylic acids is 1. The Morgan fingerprint density at radius 3 is 2.42 bits per heavy atom. The van der Waals surface area contributed by atoms with E-state index in [9.17, 15) is 14.9 Å². The molecule has 1 heterocycles. The van der Waals surface area contributed by atoms with Gasteiger partial charge in [-0.2, -0.15) is 0 Å². The highest BCUT2D eigenvalue weighted by molar-refractivity contribution is 7.14. The molecule has 0 spiro atoms. The maximum Gasteiger partial charge on any atom is 0.282 e. The normalized spacial score (nSPS) is 10.4. The lowest BCUT2D eigenvalue weighted by atomic mass is 10.1. The summed E-state index contributed by atoms with van der Waals surface area (Å²) in [5.41, 5.74) is 1.19. The van der Waals surface area contributed by atoms with Crippen molar-refractivity contribution in [3.05, 3.63) is 81.3 Å². The van der Waals surface area contributed by atoms with Crippen LogP contribution in [0.5, 0.6) is 0 Å². The molecule has 0 bridgehead atoms. The molecule has 1 aromatic heterocycles. The van der Waals surface area contributed by atoms with Crippen molar-refractivity contribution in [1.82, 2.24) is 4.98 Å². The second-order valence-electron chi connectivity index (χ2n) is 5.02. The van der Waals surface area contributed by atoms with Crippen molar-refractivity contribution in [3.63, 3.8) is 0 Å². The SMILES string of the molecule is Cc1csc(N(C(=O)c2ccccc2[N+](=O)[O-])c2ccccc2)n1. The Labute approximate surface area is 142 Å². The van der Waals surface area contributed by atoms with E-state index >= 15 is 0 Å². The van der Waals surface area contributed by atoms with Crippen molar-refractivity contribution < 1.29 is 9.72 Å². The van der Waals surface area contributed by atoms with Gasteiger partial charge in [0.2, 0.25) is 0 Å². The van der Waals surface area contributed by atoms with Crippen LogP contribution in [-0.4, -0.2) is 15.8 Å². The van der Waals surface area contributed by atoms with Crippen LogP contribution in [0.2, 0.25) is 0 Å². The van der Waals surface area contributed by atoms with E-state index < -0.39 is 10.8 Å². The number of hydrogen-bond acceptors (Lipinski definition) is 5. The summed E-state index contributed by atoms with van der Waals surface area (Å²) < 4.78 is 0. The fraction of sp³-hybridized carbons (Fsp3) is 0.0588. The van der Waals surface area contributed by atoms with Gasteiger partial charge < -0.3 is 0 Å². The van der Waals surface area contributed by atoms with Gasteiger partial charge in [0.05, 0.1) is 16.3 Å². The van der Waals surface area contributed by atoms with Gasteiger partial charge in [-0.25, -0.2) is 4.98 Å². The van der Waals surface area contributed by atoms with Crippen molar-refractivity contribution in [2.75, 3.05) is 4.90 Å². The number of aryl methyl sites for hydroxylation is 1. The molecule has 7 heteroatoms. The van der Waals surface area contributed by atoms with Crippen LogP contribution in [0, 0.1) is 17.0 Å². The monoisotopic (exact) mass is 339 g/mol. The molecule has 0 aliphatic heterocycles. The first-order valence-corrected chi connectivity index (χ1v) is 8.01. The van der Waals surface area contributed by atoms with E-state index in [4.69, 9.17) is 0 Å². The predicted molar refractivity (Wildman–Crippen MR) is 92.9 cm³/mol. The third-order valence-corrected chi connectivity index (χ3v) is 4.29. The van der Waals surface area contributed by atoms with E-state index in [0.29, 0.717) is 10.8 Å². The number of anilines is 2. The summed E-state index contributed by atoms with van der Waals surface area (Å²) in [7, 11) is 0. The predicted octanol–water partition coefficient (Wildman–Crippen LogP) is 4.34. The summed E-state index contributed by atoms with van der Waals surface area (Å²) in [5, 5.41) is 13.6. The van der Waals surface area contributed by atoms with Crippen LogP contribution in [0.4, 0.5) is 16.5 Å². The fourth-order valence-electron chi connectivity index (χ4n) is 2.27. The maximum atomic E-state index is 13.1. The summed E-state index contributed by atoms with van der Waals surface area (Å²) in [6, 6.07) is 14.9. The zero-order valence-electron chi connectivity index (χ0n) is 12.7. The van der Waals surface area contributed by atoms with E-state index in [0.717, 1.165) is 5.69 Å². The molecule has 0 saturated heterocycles. The van der Waals surface area contributed by atoms with Crippen LogP contribution in [0.25, 0.3) is 0 Å². The first-order chi connectivity index (χ1) is 11.6. The molecule has 0 atom stereocenters. The minimum atomic E-state index is -0.552. The molecule has 0 saturated carbocycles. The molecule has 2 aromatic carbocycles. The Bertz CT molecular complexity index is 893. The average molecular weight is 339 g/mol. The van der Waals surface area contributed by atoms with E-state index in [1.165, 1.54) is 34.4 Å². The van der Waals surface area contributed by atoms with Crippen molar-refractivity contribution in [1.29, 1.82) is 0 Å². The molecule has 24 heavy (non-hydrogen) atoms. The van der Waals surface area contributed by atoms with E-state index in [1.807, 2.05) is 18.4 Å². The van der Waals surface area contributed by atoms with E-state index in [2.05, 4.69) is 4.98 Å². The first-order valence-electron chi connectivity index (χ1n) is 7.13. The summed E-state index contributed by atoms with van der Waals surface area (Å²) in [4.78, 5) is 29.5. The third kappa shape index (κ3) is 3.02. The lowest BCUT2D eigenvalue weighted by molar-refractivity contribution is -0.385. The number of aromatic nitrogens is 1. The number of para-hydroxylation sites is 2. The topological polar surface area (TPSA) is 76.3 Å². The fourth-order valence-corrected chi connectivity index (χ4v) is 3.09. The molecule has 0 N–H and O–H groups in total. The quantitative estimate of drug-likeness (QED) is 0.523. The second kappa shape index (κ2) is 6.59. The summed E-state index contributed by atoms with van der Waals surface area (Å²) >= 11 is 1.31. The molecule has 0 unspecified atom stereocenters. The van der Waals surface area contributed by atoms with Gasteiger partial charge in [0.25, 0.3) is 11.6 Å². The highest BCUT2D eigenvalue weighted by atomic mass is 32.1. The number of amides is 1. The largest absolute Gasteiger partial charge is 0.282 e. The van der Waals surface area contributed by atoms with E-state index in [-0.39, 0.29) is 11.3 Å². The van der Waals surface area contributed by atoms with Crippen LogP contribution in [0.1, 0.15) is 16.1 Å². The summed E-state index contributed by atoms with van der Waals surface area (Å²) in [6.45, 7) is 1.83. The van der Waals surface area contributed by atoms with E-state index in [1.54, 1.807) is 30.3 Å². The van der Waals surface area contributed by atoms with Gasteiger partial charge in [0.15, 0.2) is 5.13 Å². The van der Waals surface area contributed by atoms with Crippen LogP contribution in [-0.2, 0) is 0 Å². The summed E-state index contributed by atoms with van der Waals surface area (Å²) in [5.74, 6) is -0.483. The minimum Gasteiger partial charge on any atom is -0.268 e. The smallest absolute Gasteiger partial charge is 0.268 e. The molecule has 120 valence electrons. The molecular weight excluding hydrogens is 326 g/mol. The second-order valence-corrected chi connectivity index (χ2v) is 5.86. The molecule has 3 aromatic rings. The average Bonchev–Trinajstić information content (AvgIpc) is 3.02. The molecule has 0 aliphatic carbocycles. The first kappa shape index (κ1) is 15.8. The van der Waals surface area contributed by atoms with Crippen molar-refractivity contribution >= 4 is 33.8 Å². The van der Waals surface area contributed by atoms with Crippen LogP contribution >= 0.6 is 11.3 Å². The number of thiazole rings is 1. The molecule has 0 radical (unpaired) electrons. The molecular formula is C17H13N3O3S. The number of nitro benzene ring substituents is 1.